The molecule has 6 heteroatoms. The van der Waals surface area contributed by atoms with Gasteiger partial charge in [0, 0.05) is 7.11 Å². The molecule has 0 aliphatic carbocycles. The smallest absolute Gasteiger partial charge is 0.330 e. The van der Waals surface area contributed by atoms with E-state index in [-0.39, 0.29) is 12.5 Å². The van der Waals surface area contributed by atoms with Crippen molar-refractivity contribution in [3.63, 3.8) is 0 Å². The Kier molecular flexibility index (Phi) is 6.67. The molecule has 0 heterocycles. The van der Waals surface area contributed by atoms with Gasteiger partial charge in [0.1, 0.15) is 12.1 Å². The van der Waals surface area contributed by atoms with Gasteiger partial charge >= 0.3 is 5.97 Å². The lowest BCUT2D eigenvalue weighted by Crippen LogP contribution is -2.51. The van der Waals surface area contributed by atoms with Crippen LogP contribution in [0.15, 0.2) is 0 Å². The number of ether oxygens (including phenoxy) is 3. The number of rotatable bonds is 7. The van der Waals surface area contributed by atoms with Crippen molar-refractivity contribution in [2.24, 2.45) is 0 Å². The standard InChI is InChI=1S/C10H19NO5/c1-10(2,9(13)15-4)11-8(12)7-16-6-5-14-3/h5-7H2,1-4H3,(H,11,12). The number of amides is 1. The maximum Gasteiger partial charge on any atom is 0.330 e. The second-order valence-electron chi connectivity index (χ2n) is 3.71. The Morgan fingerprint density at radius 2 is 1.81 bits per heavy atom. The Labute approximate surface area is 95.2 Å². The molecule has 6 nitrogen and oxygen atoms in total. The van der Waals surface area contributed by atoms with Gasteiger partial charge in [-0.15, -0.1) is 0 Å². The van der Waals surface area contributed by atoms with Gasteiger partial charge in [0.25, 0.3) is 0 Å². The zero-order chi connectivity index (χ0) is 12.6. The molecule has 0 radical (unpaired) electrons. The number of nitrogens with one attached hydrogen (secondary N) is 1. The molecule has 94 valence electrons. The summed E-state index contributed by atoms with van der Waals surface area (Å²) in [4.78, 5) is 22.6. The third kappa shape index (κ3) is 5.67. The van der Waals surface area contributed by atoms with E-state index < -0.39 is 11.5 Å². The molecule has 0 atom stereocenters. The molecule has 0 unspecified atom stereocenters. The summed E-state index contributed by atoms with van der Waals surface area (Å²) >= 11 is 0. The van der Waals surface area contributed by atoms with E-state index in [4.69, 9.17) is 9.47 Å². The molecule has 0 spiro atoms. The number of esters is 1. The fraction of sp³-hybridized carbons (Fsp3) is 0.800. The van der Waals surface area contributed by atoms with E-state index in [1.807, 2.05) is 0 Å². The van der Waals surface area contributed by atoms with Crippen LogP contribution in [0.25, 0.3) is 0 Å². The van der Waals surface area contributed by atoms with E-state index in [2.05, 4.69) is 10.1 Å². The van der Waals surface area contributed by atoms with Crippen LogP contribution in [0.5, 0.6) is 0 Å². The van der Waals surface area contributed by atoms with Gasteiger partial charge in [-0.05, 0) is 13.8 Å². The average Bonchev–Trinajstić information content (AvgIpc) is 2.22. The van der Waals surface area contributed by atoms with Crippen LogP contribution in [0.2, 0.25) is 0 Å². The third-order valence-corrected chi connectivity index (χ3v) is 1.81. The van der Waals surface area contributed by atoms with Gasteiger partial charge in [-0.25, -0.2) is 4.79 Å². The van der Waals surface area contributed by atoms with Crippen LogP contribution in [0, 0.1) is 0 Å². The number of hydrogen-bond acceptors (Lipinski definition) is 5. The second kappa shape index (κ2) is 7.19. The van der Waals surface area contributed by atoms with Crippen molar-refractivity contribution in [2.75, 3.05) is 34.0 Å². The number of hydrogen-bond donors (Lipinski definition) is 1. The first-order valence-corrected chi connectivity index (χ1v) is 4.90. The van der Waals surface area contributed by atoms with Crippen LogP contribution < -0.4 is 5.32 Å². The zero-order valence-corrected chi connectivity index (χ0v) is 10.2. The molecule has 0 aliphatic heterocycles. The monoisotopic (exact) mass is 233 g/mol. The average molecular weight is 233 g/mol. The molecule has 0 aromatic heterocycles. The van der Waals surface area contributed by atoms with Crippen molar-refractivity contribution in [1.29, 1.82) is 0 Å². The summed E-state index contributed by atoms with van der Waals surface area (Å²) in [5, 5.41) is 2.50. The number of methoxy groups -OCH3 is 2. The Morgan fingerprint density at radius 3 is 2.31 bits per heavy atom. The van der Waals surface area contributed by atoms with Crippen molar-refractivity contribution in [3.8, 4) is 0 Å². The summed E-state index contributed by atoms with van der Waals surface area (Å²) in [7, 11) is 2.81. The normalized spacial score (nSPS) is 11.0. The van der Waals surface area contributed by atoms with Gasteiger partial charge in [0.05, 0.1) is 20.3 Å². The molecule has 0 aromatic rings. The molecular formula is C10H19NO5. The Balaban J connectivity index is 3.90. The van der Waals surface area contributed by atoms with Crippen molar-refractivity contribution >= 4 is 11.9 Å². The minimum atomic E-state index is -1.05. The van der Waals surface area contributed by atoms with Crippen LogP contribution >= 0.6 is 0 Å². The Hall–Kier alpha value is -1.14. The largest absolute Gasteiger partial charge is 0.467 e. The lowest BCUT2D eigenvalue weighted by atomic mass is 10.1. The molecule has 0 saturated carbocycles. The maximum absolute atomic E-state index is 11.4. The van der Waals surface area contributed by atoms with E-state index in [0.29, 0.717) is 13.2 Å². The summed E-state index contributed by atoms with van der Waals surface area (Å²) in [6.07, 6.45) is 0. The molecule has 0 aliphatic rings. The summed E-state index contributed by atoms with van der Waals surface area (Å²) < 4.78 is 14.3. The topological polar surface area (TPSA) is 73.9 Å². The molecule has 1 N–H and O–H groups in total. The minimum absolute atomic E-state index is 0.107. The highest BCUT2D eigenvalue weighted by Gasteiger charge is 2.30. The predicted octanol–water partition coefficient (Wildman–Crippen LogP) is -0.283. The van der Waals surface area contributed by atoms with Gasteiger partial charge in [-0.2, -0.15) is 0 Å². The lowest BCUT2D eigenvalue weighted by molar-refractivity contribution is -0.150. The zero-order valence-electron chi connectivity index (χ0n) is 10.2. The molecule has 16 heavy (non-hydrogen) atoms. The molecule has 0 bridgehead atoms. The summed E-state index contributed by atoms with van der Waals surface area (Å²) in [5.41, 5.74) is -1.05. The molecule has 1 amide bonds. The van der Waals surface area contributed by atoms with E-state index in [0.717, 1.165) is 0 Å². The highest BCUT2D eigenvalue weighted by Crippen LogP contribution is 2.03. The van der Waals surface area contributed by atoms with Crippen LogP contribution in [-0.2, 0) is 23.8 Å². The first kappa shape index (κ1) is 14.9. The molecule has 0 rings (SSSR count). The van der Waals surface area contributed by atoms with Crippen LogP contribution in [0.1, 0.15) is 13.8 Å². The fourth-order valence-corrected chi connectivity index (χ4v) is 0.998. The first-order chi connectivity index (χ1) is 7.44. The SMILES string of the molecule is COCCOCC(=O)NC(C)(C)C(=O)OC. The number of carbonyl (C=O) groups is 2. The van der Waals surface area contributed by atoms with Gasteiger partial charge in [0.15, 0.2) is 0 Å². The summed E-state index contributed by atoms with van der Waals surface area (Å²) in [6.45, 7) is 3.78. The highest BCUT2D eigenvalue weighted by atomic mass is 16.5. The highest BCUT2D eigenvalue weighted by molar-refractivity contribution is 5.87. The van der Waals surface area contributed by atoms with Crippen LogP contribution in [0.3, 0.4) is 0 Å². The quantitative estimate of drug-likeness (QED) is 0.483. The van der Waals surface area contributed by atoms with Crippen molar-refractivity contribution in [2.45, 2.75) is 19.4 Å². The van der Waals surface area contributed by atoms with Crippen LogP contribution in [0.4, 0.5) is 0 Å². The van der Waals surface area contributed by atoms with Crippen molar-refractivity contribution in [3.05, 3.63) is 0 Å². The van der Waals surface area contributed by atoms with E-state index in [1.165, 1.54) is 7.11 Å². The lowest BCUT2D eigenvalue weighted by Gasteiger charge is -2.22. The van der Waals surface area contributed by atoms with E-state index in [9.17, 15) is 9.59 Å². The van der Waals surface area contributed by atoms with E-state index in [1.54, 1.807) is 21.0 Å². The summed E-state index contributed by atoms with van der Waals surface area (Å²) in [5.74, 6) is -0.871. The molecule has 0 fully saturated rings. The minimum Gasteiger partial charge on any atom is -0.467 e. The first-order valence-electron chi connectivity index (χ1n) is 4.90. The fourth-order valence-electron chi connectivity index (χ4n) is 0.998. The van der Waals surface area contributed by atoms with E-state index >= 15 is 0 Å². The molecule has 0 aromatic carbocycles. The maximum atomic E-state index is 11.4. The number of carbonyl (C=O) groups excluding carboxylic acids is 2. The predicted molar refractivity (Wildman–Crippen MR) is 56.9 cm³/mol. The van der Waals surface area contributed by atoms with Crippen LogP contribution in [-0.4, -0.2) is 51.5 Å². The van der Waals surface area contributed by atoms with Gasteiger partial charge in [-0.1, -0.05) is 0 Å². The molecular weight excluding hydrogens is 214 g/mol. The second-order valence-corrected chi connectivity index (χ2v) is 3.71. The van der Waals surface area contributed by atoms with Crippen molar-refractivity contribution in [1.82, 2.24) is 5.32 Å². The van der Waals surface area contributed by atoms with Crippen molar-refractivity contribution < 1.29 is 23.8 Å². The Morgan fingerprint density at radius 1 is 1.19 bits per heavy atom. The van der Waals surface area contributed by atoms with Gasteiger partial charge in [-0.3, -0.25) is 4.79 Å². The Bertz CT molecular complexity index is 239. The summed E-state index contributed by atoms with van der Waals surface area (Å²) in [6, 6.07) is 0. The third-order valence-electron chi connectivity index (χ3n) is 1.81. The van der Waals surface area contributed by atoms with Gasteiger partial charge < -0.3 is 19.5 Å². The van der Waals surface area contributed by atoms with Gasteiger partial charge in [0.2, 0.25) is 5.91 Å². The molecule has 0 saturated heterocycles.